The van der Waals surface area contributed by atoms with Crippen LogP contribution in [-0.2, 0) is 0 Å². The Morgan fingerprint density at radius 1 is 1.04 bits per heavy atom. The van der Waals surface area contributed by atoms with E-state index >= 15 is 0 Å². The molecule has 0 saturated heterocycles. The van der Waals surface area contributed by atoms with Crippen molar-refractivity contribution in [2.45, 2.75) is 0 Å². The first-order valence-electron chi connectivity index (χ1n) is 7.32. The van der Waals surface area contributed by atoms with Crippen LogP contribution in [0.2, 0.25) is 0 Å². The number of nitrogens with zero attached hydrogens (tertiary/aromatic N) is 1. The van der Waals surface area contributed by atoms with Crippen molar-refractivity contribution >= 4 is 16.7 Å². The topological polar surface area (TPSA) is 65.3 Å². The first-order chi connectivity index (χ1) is 11.2. The maximum Gasteiger partial charge on any atom is 0.317 e. The van der Waals surface area contributed by atoms with Gasteiger partial charge >= 0.3 is 5.91 Å². The predicted molar refractivity (Wildman–Crippen MR) is 87.2 cm³/mol. The normalized spacial score (nSPS) is 10.4. The minimum atomic E-state index is -0.414. The molecule has 116 valence electrons. The zero-order valence-electron chi connectivity index (χ0n) is 12.4. The molecule has 23 heavy (non-hydrogen) atoms. The monoisotopic (exact) mass is 308 g/mol. The summed E-state index contributed by atoms with van der Waals surface area (Å²) in [5, 5.41) is 16.4. The second-order valence-corrected chi connectivity index (χ2v) is 5.02. The Bertz CT molecular complexity index is 833. The van der Waals surface area contributed by atoms with E-state index in [1.807, 2.05) is 42.5 Å². The van der Waals surface area contributed by atoms with E-state index in [0.29, 0.717) is 17.9 Å². The lowest BCUT2D eigenvalue weighted by atomic mass is 10.1. The number of carbonyl (C=O) groups is 1. The fourth-order valence-electron chi connectivity index (χ4n) is 2.29. The van der Waals surface area contributed by atoms with E-state index in [2.05, 4.69) is 5.32 Å². The predicted octanol–water partition coefficient (Wildman–Crippen LogP) is 2.28. The molecule has 5 heteroatoms. The summed E-state index contributed by atoms with van der Waals surface area (Å²) in [6.07, 6.45) is 1.29. The molecular weight excluding hydrogens is 292 g/mol. The number of pyridine rings is 1. The number of aromatic nitrogens is 1. The average Bonchev–Trinajstić information content (AvgIpc) is 2.59. The molecule has 1 N–H and O–H groups in total. The van der Waals surface area contributed by atoms with Crippen LogP contribution in [0.25, 0.3) is 10.8 Å². The van der Waals surface area contributed by atoms with Crippen molar-refractivity contribution in [3.8, 4) is 5.75 Å². The number of hydrogen-bond donors (Lipinski definition) is 1. The van der Waals surface area contributed by atoms with Crippen molar-refractivity contribution in [1.82, 2.24) is 5.32 Å². The maximum atomic E-state index is 11.9. The third-order valence-electron chi connectivity index (χ3n) is 3.43. The summed E-state index contributed by atoms with van der Waals surface area (Å²) in [5.74, 6) is 0.333. The van der Waals surface area contributed by atoms with E-state index < -0.39 is 5.91 Å². The van der Waals surface area contributed by atoms with Crippen LogP contribution in [0.4, 0.5) is 0 Å². The van der Waals surface area contributed by atoms with Crippen molar-refractivity contribution in [1.29, 1.82) is 0 Å². The Balaban J connectivity index is 1.53. The molecule has 1 aromatic heterocycles. The van der Waals surface area contributed by atoms with E-state index in [0.717, 1.165) is 16.5 Å². The van der Waals surface area contributed by atoms with Crippen LogP contribution in [0.3, 0.4) is 0 Å². The Kier molecular flexibility index (Phi) is 4.38. The van der Waals surface area contributed by atoms with Gasteiger partial charge in [-0.25, -0.2) is 0 Å². The molecule has 0 atom stereocenters. The quantitative estimate of drug-likeness (QED) is 0.447. The fourth-order valence-corrected chi connectivity index (χ4v) is 2.29. The number of nitrogens with one attached hydrogen (secondary N) is 1. The molecule has 0 fully saturated rings. The van der Waals surface area contributed by atoms with Crippen molar-refractivity contribution in [3.05, 3.63) is 77.8 Å². The minimum Gasteiger partial charge on any atom is -0.618 e. The number of carbonyl (C=O) groups excluding carboxylic acids is 1. The number of benzene rings is 2. The minimum absolute atomic E-state index is 0.0678. The van der Waals surface area contributed by atoms with E-state index in [9.17, 15) is 10.0 Å². The molecular formula is C18H16N2O3. The number of amides is 1. The Hall–Kier alpha value is -3.08. The van der Waals surface area contributed by atoms with Crippen LogP contribution in [0.5, 0.6) is 5.75 Å². The smallest absolute Gasteiger partial charge is 0.317 e. The maximum absolute atomic E-state index is 11.9. The second-order valence-electron chi connectivity index (χ2n) is 5.02. The molecule has 0 bridgehead atoms. The lowest BCUT2D eigenvalue weighted by Gasteiger charge is -2.08. The van der Waals surface area contributed by atoms with Gasteiger partial charge in [0.2, 0.25) is 0 Å². The van der Waals surface area contributed by atoms with Crippen molar-refractivity contribution in [2.24, 2.45) is 0 Å². The van der Waals surface area contributed by atoms with Crippen LogP contribution >= 0.6 is 0 Å². The molecule has 1 heterocycles. The second kappa shape index (κ2) is 6.79. The summed E-state index contributed by atoms with van der Waals surface area (Å²) in [4.78, 5) is 11.9. The van der Waals surface area contributed by atoms with Gasteiger partial charge < -0.3 is 15.3 Å². The van der Waals surface area contributed by atoms with Gasteiger partial charge in [-0.15, -0.1) is 0 Å². The Morgan fingerprint density at radius 2 is 1.83 bits per heavy atom. The van der Waals surface area contributed by atoms with Gasteiger partial charge in [0.05, 0.1) is 6.54 Å². The van der Waals surface area contributed by atoms with E-state index in [1.165, 1.54) is 12.3 Å². The highest BCUT2D eigenvalue weighted by Crippen LogP contribution is 2.20. The SMILES string of the molecule is O=C(NCCOc1ccc2ccccc2c1)c1cccc[n+]1[O-]. The molecule has 0 saturated carbocycles. The van der Waals surface area contributed by atoms with Gasteiger partial charge in [0, 0.05) is 12.1 Å². The highest BCUT2D eigenvalue weighted by Gasteiger charge is 2.13. The molecule has 0 aliphatic carbocycles. The summed E-state index contributed by atoms with van der Waals surface area (Å²) >= 11 is 0. The third kappa shape index (κ3) is 3.58. The van der Waals surface area contributed by atoms with Crippen LogP contribution in [0.15, 0.2) is 66.9 Å². The van der Waals surface area contributed by atoms with Crippen molar-refractivity contribution in [3.63, 3.8) is 0 Å². The number of rotatable bonds is 5. The van der Waals surface area contributed by atoms with Crippen molar-refractivity contribution in [2.75, 3.05) is 13.2 Å². The molecule has 0 radical (unpaired) electrons. The van der Waals surface area contributed by atoms with Gasteiger partial charge in [0.25, 0.3) is 5.69 Å². The fraction of sp³-hybridized carbons (Fsp3) is 0.111. The molecule has 0 spiro atoms. The van der Waals surface area contributed by atoms with Crippen LogP contribution in [0, 0.1) is 5.21 Å². The molecule has 0 aliphatic heterocycles. The molecule has 5 nitrogen and oxygen atoms in total. The van der Waals surface area contributed by atoms with E-state index in [-0.39, 0.29) is 5.69 Å². The Morgan fingerprint density at radius 3 is 2.65 bits per heavy atom. The number of ether oxygens (including phenoxy) is 1. The van der Waals surface area contributed by atoms with Gasteiger partial charge in [-0.3, -0.25) is 4.79 Å². The highest BCUT2D eigenvalue weighted by atomic mass is 16.5. The van der Waals surface area contributed by atoms with Gasteiger partial charge in [0.15, 0.2) is 6.20 Å². The molecule has 2 aromatic carbocycles. The molecule has 0 aliphatic rings. The lowest BCUT2D eigenvalue weighted by molar-refractivity contribution is -0.607. The van der Waals surface area contributed by atoms with Gasteiger partial charge in [0.1, 0.15) is 12.4 Å². The van der Waals surface area contributed by atoms with Gasteiger partial charge in [-0.1, -0.05) is 30.3 Å². The van der Waals surface area contributed by atoms with Crippen LogP contribution in [-0.4, -0.2) is 19.1 Å². The van der Waals surface area contributed by atoms with Gasteiger partial charge in [-0.05, 0) is 29.0 Å². The molecule has 0 unspecified atom stereocenters. The van der Waals surface area contributed by atoms with Crippen LogP contribution in [0.1, 0.15) is 10.5 Å². The summed E-state index contributed by atoms with van der Waals surface area (Å²) < 4.78 is 6.17. The highest BCUT2D eigenvalue weighted by molar-refractivity contribution is 5.90. The number of hydrogen-bond acceptors (Lipinski definition) is 3. The summed E-state index contributed by atoms with van der Waals surface area (Å²) in [7, 11) is 0. The zero-order chi connectivity index (χ0) is 16.1. The first kappa shape index (κ1) is 14.8. The summed E-state index contributed by atoms with van der Waals surface area (Å²) in [6, 6.07) is 18.6. The molecule has 3 aromatic rings. The van der Waals surface area contributed by atoms with Crippen molar-refractivity contribution < 1.29 is 14.3 Å². The van der Waals surface area contributed by atoms with Gasteiger partial charge in [-0.2, -0.15) is 4.73 Å². The summed E-state index contributed by atoms with van der Waals surface area (Å²) in [5.41, 5.74) is 0.0678. The standard InChI is InChI=1S/C18H16N2O3/c21-18(17-7-3-4-11-20(17)22)19-10-12-23-16-9-8-14-5-1-2-6-15(14)13-16/h1-9,11,13H,10,12H2,(H,19,21). The molecule has 3 rings (SSSR count). The Labute approximate surface area is 133 Å². The average molecular weight is 308 g/mol. The summed E-state index contributed by atoms with van der Waals surface area (Å²) in [6.45, 7) is 0.649. The van der Waals surface area contributed by atoms with E-state index in [1.54, 1.807) is 12.1 Å². The number of fused-ring (bicyclic) bond motifs is 1. The zero-order valence-corrected chi connectivity index (χ0v) is 12.4. The lowest BCUT2D eigenvalue weighted by Crippen LogP contribution is -2.40. The third-order valence-corrected chi connectivity index (χ3v) is 3.43. The largest absolute Gasteiger partial charge is 0.618 e. The first-order valence-corrected chi connectivity index (χ1v) is 7.32. The van der Waals surface area contributed by atoms with E-state index in [4.69, 9.17) is 4.74 Å². The molecule has 1 amide bonds. The van der Waals surface area contributed by atoms with Crippen LogP contribution < -0.4 is 14.8 Å².